The Morgan fingerprint density at radius 1 is 1.29 bits per heavy atom. The predicted octanol–water partition coefficient (Wildman–Crippen LogP) is 3.48. The Morgan fingerprint density at radius 2 is 1.79 bits per heavy atom. The molecule has 1 rings (SSSR count). The molecule has 0 bridgehead atoms. The van der Waals surface area contributed by atoms with Crippen LogP contribution in [0, 0.1) is 22.6 Å². The van der Waals surface area contributed by atoms with Crippen molar-refractivity contribution in [3.05, 3.63) is 35.6 Å². The van der Waals surface area contributed by atoms with Crippen LogP contribution in [-0.2, 0) is 0 Å². The first-order valence-corrected chi connectivity index (χ1v) is 4.64. The molecule has 0 spiro atoms. The van der Waals surface area contributed by atoms with E-state index >= 15 is 0 Å². The Labute approximate surface area is 84.2 Å². The van der Waals surface area contributed by atoms with Crippen LogP contribution in [0.15, 0.2) is 24.3 Å². The molecule has 0 radical (unpaired) electrons. The fourth-order valence-electron chi connectivity index (χ4n) is 1.26. The van der Waals surface area contributed by atoms with Gasteiger partial charge in [0.25, 0.3) is 0 Å². The number of hydrogen-bond acceptors (Lipinski definition) is 1. The van der Waals surface area contributed by atoms with E-state index in [9.17, 15) is 4.39 Å². The summed E-state index contributed by atoms with van der Waals surface area (Å²) in [5.41, 5.74) is 0.579. The van der Waals surface area contributed by atoms with Gasteiger partial charge < -0.3 is 0 Å². The predicted molar refractivity (Wildman–Crippen MR) is 54.2 cm³/mol. The van der Waals surface area contributed by atoms with Gasteiger partial charge in [-0.1, -0.05) is 19.1 Å². The lowest BCUT2D eigenvalue weighted by molar-refractivity contribution is 0.408. The fraction of sp³-hybridized carbons (Fsp3) is 0.417. The molecular formula is C12H14FN. The lowest BCUT2D eigenvalue weighted by Crippen LogP contribution is -2.17. The molecule has 1 aromatic rings. The molecule has 0 aliphatic rings. The Bertz CT molecular complexity index is 346. The molecule has 0 heterocycles. The zero-order chi connectivity index (χ0) is 10.8. The van der Waals surface area contributed by atoms with Gasteiger partial charge in [0.15, 0.2) is 0 Å². The molecule has 0 aliphatic carbocycles. The number of nitrogens with zero attached hydrogens (tertiary/aromatic N) is 1. The van der Waals surface area contributed by atoms with Gasteiger partial charge in [-0.2, -0.15) is 5.26 Å². The van der Waals surface area contributed by atoms with Crippen molar-refractivity contribution in [2.45, 2.75) is 26.7 Å². The van der Waals surface area contributed by atoms with Gasteiger partial charge in [0.2, 0.25) is 0 Å². The normalized spacial score (nSPS) is 13.4. The van der Waals surface area contributed by atoms with Crippen molar-refractivity contribution in [1.82, 2.24) is 0 Å². The minimum Gasteiger partial charge on any atom is -0.207 e. The van der Waals surface area contributed by atoms with Gasteiger partial charge in [0, 0.05) is 0 Å². The van der Waals surface area contributed by atoms with Gasteiger partial charge >= 0.3 is 0 Å². The monoisotopic (exact) mass is 191 g/mol. The maximum Gasteiger partial charge on any atom is 0.123 e. The van der Waals surface area contributed by atoms with E-state index in [2.05, 4.69) is 6.07 Å². The molecule has 0 aromatic heterocycles. The summed E-state index contributed by atoms with van der Waals surface area (Å²) in [6.07, 6.45) is 0. The van der Waals surface area contributed by atoms with Gasteiger partial charge in [-0.15, -0.1) is 0 Å². The summed E-state index contributed by atoms with van der Waals surface area (Å²) in [7, 11) is 0. The van der Waals surface area contributed by atoms with Crippen molar-refractivity contribution in [1.29, 1.82) is 5.26 Å². The molecule has 0 saturated heterocycles. The van der Waals surface area contributed by atoms with E-state index < -0.39 is 5.41 Å². The van der Waals surface area contributed by atoms with Crippen LogP contribution in [0.3, 0.4) is 0 Å². The van der Waals surface area contributed by atoms with Crippen molar-refractivity contribution >= 4 is 0 Å². The highest BCUT2D eigenvalue weighted by atomic mass is 19.1. The molecule has 14 heavy (non-hydrogen) atoms. The Balaban J connectivity index is 2.96. The molecular weight excluding hydrogens is 177 g/mol. The van der Waals surface area contributed by atoms with Crippen LogP contribution in [0.5, 0.6) is 0 Å². The molecule has 0 N–H and O–H groups in total. The highest BCUT2D eigenvalue weighted by molar-refractivity contribution is 5.24. The number of rotatable bonds is 2. The second-order valence-corrected chi connectivity index (χ2v) is 4.11. The smallest absolute Gasteiger partial charge is 0.123 e. The van der Waals surface area contributed by atoms with Gasteiger partial charge in [-0.05, 0) is 37.5 Å². The van der Waals surface area contributed by atoms with Crippen LogP contribution in [0.1, 0.15) is 32.3 Å². The van der Waals surface area contributed by atoms with Crippen LogP contribution in [0.4, 0.5) is 4.39 Å². The van der Waals surface area contributed by atoms with E-state index in [0.717, 1.165) is 5.56 Å². The lowest BCUT2D eigenvalue weighted by Gasteiger charge is -2.24. The summed E-state index contributed by atoms with van der Waals surface area (Å²) < 4.78 is 12.7. The van der Waals surface area contributed by atoms with Gasteiger partial charge in [-0.25, -0.2) is 4.39 Å². The maximum atomic E-state index is 12.7. The highest BCUT2D eigenvalue weighted by Gasteiger charge is 2.26. The molecule has 74 valence electrons. The second-order valence-electron chi connectivity index (χ2n) is 4.11. The van der Waals surface area contributed by atoms with Crippen molar-refractivity contribution in [2.75, 3.05) is 0 Å². The summed E-state index contributed by atoms with van der Waals surface area (Å²) in [4.78, 5) is 0. The standard InChI is InChI=1S/C12H14FN/c1-9(12(2,3)8-14)10-4-6-11(13)7-5-10/h4-7,9H,1-3H3. The lowest BCUT2D eigenvalue weighted by atomic mass is 9.77. The Kier molecular flexibility index (Phi) is 2.90. The first kappa shape index (κ1) is 10.7. The SMILES string of the molecule is CC(c1ccc(F)cc1)C(C)(C)C#N. The van der Waals surface area contributed by atoms with E-state index in [-0.39, 0.29) is 11.7 Å². The van der Waals surface area contributed by atoms with Gasteiger partial charge in [0.1, 0.15) is 5.82 Å². The number of halogens is 1. The highest BCUT2D eigenvalue weighted by Crippen LogP contribution is 2.34. The van der Waals surface area contributed by atoms with E-state index in [4.69, 9.17) is 5.26 Å². The number of benzene rings is 1. The van der Waals surface area contributed by atoms with Crippen molar-refractivity contribution in [2.24, 2.45) is 5.41 Å². The third kappa shape index (κ3) is 2.11. The molecule has 0 saturated carbocycles. The van der Waals surface area contributed by atoms with Crippen LogP contribution < -0.4 is 0 Å². The van der Waals surface area contributed by atoms with Crippen LogP contribution in [-0.4, -0.2) is 0 Å². The Morgan fingerprint density at radius 3 is 2.21 bits per heavy atom. The van der Waals surface area contributed by atoms with Gasteiger partial charge in [-0.3, -0.25) is 0 Å². The average Bonchev–Trinajstić information content (AvgIpc) is 2.18. The minimum atomic E-state index is -0.419. The molecule has 1 aromatic carbocycles. The fourth-order valence-corrected chi connectivity index (χ4v) is 1.26. The number of hydrogen-bond donors (Lipinski definition) is 0. The third-order valence-corrected chi connectivity index (χ3v) is 2.74. The summed E-state index contributed by atoms with van der Waals surface area (Å²) in [6, 6.07) is 8.59. The quantitative estimate of drug-likeness (QED) is 0.702. The summed E-state index contributed by atoms with van der Waals surface area (Å²) in [5, 5.41) is 8.96. The van der Waals surface area contributed by atoms with Crippen LogP contribution in [0.2, 0.25) is 0 Å². The average molecular weight is 191 g/mol. The topological polar surface area (TPSA) is 23.8 Å². The van der Waals surface area contributed by atoms with E-state index in [1.807, 2.05) is 20.8 Å². The third-order valence-electron chi connectivity index (χ3n) is 2.74. The summed E-state index contributed by atoms with van der Waals surface area (Å²) in [6.45, 7) is 5.76. The molecule has 1 nitrogen and oxygen atoms in total. The first-order chi connectivity index (χ1) is 6.47. The summed E-state index contributed by atoms with van der Waals surface area (Å²) in [5.74, 6) is -0.135. The molecule has 1 unspecified atom stereocenters. The van der Waals surface area contributed by atoms with E-state index in [1.165, 1.54) is 12.1 Å². The molecule has 0 fully saturated rings. The van der Waals surface area contributed by atoms with Gasteiger partial charge in [0.05, 0.1) is 11.5 Å². The van der Waals surface area contributed by atoms with Crippen molar-refractivity contribution in [3.8, 4) is 6.07 Å². The molecule has 1 atom stereocenters. The molecule has 0 amide bonds. The largest absolute Gasteiger partial charge is 0.207 e. The molecule has 2 heteroatoms. The van der Waals surface area contributed by atoms with E-state index in [1.54, 1.807) is 12.1 Å². The molecule has 0 aliphatic heterocycles. The van der Waals surface area contributed by atoms with Crippen LogP contribution >= 0.6 is 0 Å². The zero-order valence-electron chi connectivity index (χ0n) is 8.71. The van der Waals surface area contributed by atoms with E-state index in [0.29, 0.717) is 0 Å². The zero-order valence-corrected chi connectivity index (χ0v) is 8.71. The second kappa shape index (κ2) is 3.79. The number of nitriles is 1. The van der Waals surface area contributed by atoms with Crippen molar-refractivity contribution in [3.63, 3.8) is 0 Å². The minimum absolute atomic E-state index is 0.105. The maximum absolute atomic E-state index is 12.7. The summed E-state index contributed by atoms with van der Waals surface area (Å²) >= 11 is 0. The first-order valence-electron chi connectivity index (χ1n) is 4.64. The Hall–Kier alpha value is -1.36. The van der Waals surface area contributed by atoms with Crippen molar-refractivity contribution < 1.29 is 4.39 Å². The van der Waals surface area contributed by atoms with Crippen LogP contribution in [0.25, 0.3) is 0 Å².